The number of halogens is 1. The number of aromatic nitrogens is 4. The molecule has 0 aliphatic heterocycles. The third-order valence-electron chi connectivity index (χ3n) is 8.03. The molecule has 8 nitrogen and oxygen atoms in total. The Bertz CT molecular complexity index is 1770. The van der Waals surface area contributed by atoms with Crippen molar-refractivity contribution in [2.75, 3.05) is 19.0 Å². The van der Waals surface area contributed by atoms with Gasteiger partial charge in [0.25, 0.3) is 0 Å². The first kappa shape index (κ1) is 27.8. The van der Waals surface area contributed by atoms with Crippen LogP contribution in [0.25, 0.3) is 27.7 Å². The topological polar surface area (TPSA) is 90.5 Å². The highest BCUT2D eigenvalue weighted by Gasteiger charge is 2.30. The van der Waals surface area contributed by atoms with E-state index in [0.29, 0.717) is 43.2 Å². The Morgan fingerprint density at radius 1 is 1.12 bits per heavy atom. The molecular formula is C33H34FN5O3. The van der Waals surface area contributed by atoms with Crippen molar-refractivity contribution in [1.82, 2.24) is 19.2 Å². The fraction of sp³-hybridized carbons (Fsp3) is 0.333. The number of hydrogen-bond acceptors (Lipinski definition) is 5. The summed E-state index contributed by atoms with van der Waals surface area (Å²) in [5, 5.41) is 8.07. The Morgan fingerprint density at radius 2 is 1.95 bits per heavy atom. The number of nitrogens with one attached hydrogen (secondary N) is 1. The van der Waals surface area contributed by atoms with E-state index in [1.807, 2.05) is 42.7 Å². The van der Waals surface area contributed by atoms with Gasteiger partial charge < -0.3 is 9.30 Å². The third-order valence-corrected chi connectivity index (χ3v) is 8.03. The summed E-state index contributed by atoms with van der Waals surface area (Å²) in [5.74, 6) is 0.355. The Kier molecular flexibility index (Phi) is 7.84. The highest BCUT2D eigenvalue weighted by atomic mass is 19.1. The number of anilines is 1. The van der Waals surface area contributed by atoms with E-state index in [0.717, 1.165) is 46.9 Å². The zero-order valence-electron chi connectivity index (χ0n) is 23.8. The maximum absolute atomic E-state index is 13.7. The lowest BCUT2D eigenvalue weighted by molar-refractivity contribution is -0.117. The maximum Gasteiger partial charge on any atom is 0.249 e. The SMILES string of the molecule is COCCn1cc(C(=O)CCC[C@@H](C)c2cccc(F)c2)c2cc(-c3ccn4nc(NC(=O)C5CC5)nc4c3)ccc21. The van der Waals surface area contributed by atoms with E-state index in [1.165, 1.54) is 6.07 Å². The minimum absolute atomic E-state index is 0.0322. The van der Waals surface area contributed by atoms with E-state index in [2.05, 4.69) is 33.0 Å². The number of methoxy groups -OCH3 is 1. The number of Topliss-reactive ketones (excluding diaryl/α,β-unsaturated/α-hetero) is 1. The van der Waals surface area contributed by atoms with Gasteiger partial charge in [0.15, 0.2) is 11.4 Å². The average Bonchev–Trinajstić information content (AvgIpc) is 3.67. The summed E-state index contributed by atoms with van der Waals surface area (Å²) in [6.07, 6.45) is 7.50. The summed E-state index contributed by atoms with van der Waals surface area (Å²) in [6.45, 7) is 3.24. The molecule has 9 heteroatoms. The third kappa shape index (κ3) is 5.97. The number of hydrogen-bond donors (Lipinski definition) is 1. The van der Waals surface area contributed by atoms with E-state index in [-0.39, 0.29) is 29.3 Å². The molecule has 0 unspecified atom stereocenters. The number of ether oxygens (including phenoxy) is 1. The van der Waals surface area contributed by atoms with Crippen LogP contribution in [-0.2, 0) is 16.1 Å². The van der Waals surface area contributed by atoms with E-state index in [9.17, 15) is 14.0 Å². The predicted molar refractivity (Wildman–Crippen MR) is 160 cm³/mol. The molecule has 0 saturated heterocycles. The molecule has 1 fully saturated rings. The average molecular weight is 568 g/mol. The summed E-state index contributed by atoms with van der Waals surface area (Å²) < 4.78 is 22.7. The molecule has 1 saturated carbocycles. The highest BCUT2D eigenvalue weighted by molar-refractivity contribution is 6.09. The van der Waals surface area contributed by atoms with E-state index < -0.39 is 0 Å². The number of ketones is 1. The summed E-state index contributed by atoms with van der Waals surface area (Å²) in [5.41, 5.74) is 5.12. The second kappa shape index (κ2) is 11.9. The normalized spacial score (nSPS) is 14.0. The monoisotopic (exact) mass is 567 g/mol. The smallest absolute Gasteiger partial charge is 0.249 e. The van der Waals surface area contributed by atoms with Crippen LogP contribution >= 0.6 is 0 Å². The number of fused-ring (bicyclic) bond motifs is 2. The minimum Gasteiger partial charge on any atom is -0.383 e. The fourth-order valence-corrected chi connectivity index (χ4v) is 5.43. The lowest BCUT2D eigenvalue weighted by Gasteiger charge is -2.11. The van der Waals surface area contributed by atoms with Crippen LogP contribution in [0.2, 0.25) is 0 Å². The number of pyridine rings is 1. The first-order valence-electron chi connectivity index (χ1n) is 14.5. The van der Waals surface area contributed by atoms with Crippen molar-refractivity contribution >= 4 is 34.2 Å². The molecule has 0 radical (unpaired) electrons. The van der Waals surface area contributed by atoms with Gasteiger partial charge in [-0.2, -0.15) is 4.98 Å². The van der Waals surface area contributed by atoms with E-state index in [4.69, 9.17) is 4.74 Å². The molecule has 1 aliphatic rings. The Balaban J connectivity index is 1.24. The van der Waals surface area contributed by atoms with Gasteiger partial charge >= 0.3 is 0 Å². The lowest BCUT2D eigenvalue weighted by atomic mass is 9.94. The van der Waals surface area contributed by atoms with Crippen molar-refractivity contribution < 1.29 is 18.7 Å². The molecule has 1 aliphatic carbocycles. The van der Waals surface area contributed by atoms with Crippen LogP contribution < -0.4 is 5.32 Å². The van der Waals surface area contributed by atoms with Crippen molar-refractivity contribution in [3.05, 3.63) is 83.9 Å². The van der Waals surface area contributed by atoms with Gasteiger partial charge in [-0.05, 0) is 84.7 Å². The number of benzene rings is 2. The lowest BCUT2D eigenvalue weighted by Crippen LogP contribution is -2.14. The van der Waals surface area contributed by atoms with Crippen molar-refractivity contribution in [2.24, 2.45) is 5.92 Å². The quantitative estimate of drug-likeness (QED) is 0.171. The van der Waals surface area contributed by atoms with Crippen LogP contribution in [0.5, 0.6) is 0 Å². The van der Waals surface area contributed by atoms with Crippen molar-refractivity contribution in [1.29, 1.82) is 0 Å². The predicted octanol–water partition coefficient (Wildman–Crippen LogP) is 6.64. The summed E-state index contributed by atoms with van der Waals surface area (Å²) in [4.78, 5) is 30.2. The van der Waals surface area contributed by atoms with Crippen LogP contribution in [0.3, 0.4) is 0 Å². The molecule has 6 rings (SSSR count). The largest absolute Gasteiger partial charge is 0.383 e. The summed E-state index contributed by atoms with van der Waals surface area (Å²) in [6, 6.07) is 16.7. The van der Waals surface area contributed by atoms with Gasteiger partial charge in [0.2, 0.25) is 11.9 Å². The first-order valence-corrected chi connectivity index (χ1v) is 14.5. The number of amides is 1. The van der Waals surface area contributed by atoms with Gasteiger partial charge in [0.05, 0.1) is 6.61 Å². The zero-order chi connectivity index (χ0) is 29.2. The molecule has 0 bridgehead atoms. The van der Waals surface area contributed by atoms with Crippen molar-refractivity contribution in [3.63, 3.8) is 0 Å². The van der Waals surface area contributed by atoms with Crippen molar-refractivity contribution in [2.45, 2.75) is 51.5 Å². The van der Waals surface area contributed by atoms with Gasteiger partial charge in [-0.25, -0.2) is 8.91 Å². The van der Waals surface area contributed by atoms with Gasteiger partial charge in [-0.15, -0.1) is 5.10 Å². The molecule has 3 heterocycles. The van der Waals surface area contributed by atoms with Crippen LogP contribution in [0.15, 0.2) is 67.0 Å². The molecular weight excluding hydrogens is 533 g/mol. The molecule has 1 atom stereocenters. The molecule has 2 aromatic carbocycles. The zero-order valence-corrected chi connectivity index (χ0v) is 23.8. The number of nitrogens with zero attached hydrogens (tertiary/aromatic N) is 4. The highest BCUT2D eigenvalue weighted by Crippen LogP contribution is 2.32. The van der Waals surface area contributed by atoms with E-state index >= 15 is 0 Å². The number of carbonyl (C=O) groups excluding carboxylic acids is 2. The Hall–Kier alpha value is -4.37. The van der Waals surface area contributed by atoms with Gasteiger partial charge in [-0.3, -0.25) is 14.9 Å². The van der Waals surface area contributed by atoms with Gasteiger partial charge in [-0.1, -0.05) is 25.1 Å². The van der Waals surface area contributed by atoms with Crippen LogP contribution in [-0.4, -0.2) is 44.6 Å². The summed E-state index contributed by atoms with van der Waals surface area (Å²) >= 11 is 0. The fourth-order valence-electron chi connectivity index (χ4n) is 5.43. The van der Waals surface area contributed by atoms with Crippen molar-refractivity contribution in [3.8, 4) is 11.1 Å². The van der Waals surface area contributed by atoms with Crippen LogP contribution in [0.1, 0.15) is 60.9 Å². The standard InChI is InChI=1S/C33H34FN5O3/c1-21(23-6-4-7-26(34)17-23)5-3-8-30(40)28-20-38(15-16-42-2)29-12-11-24(18-27(28)29)25-13-14-39-31(19-25)35-33(37-39)36-32(41)22-9-10-22/h4,6-7,11-14,17-22H,3,5,8-10,15-16H2,1-2H3,(H,36,37,41)/t21-/m1/s1. The minimum atomic E-state index is -0.237. The molecule has 1 N–H and O–H groups in total. The van der Waals surface area contributed by atoms with Gasteiger partial charge in [0, 0.05) is 54.9 Å². The first-order chi connectivity index (χ1) is 20.4. The maximum atomic E-state index is 13.7. The molecule has 3 aromatic heterocycles. The summed E-state index contributed by atoms with van der Waals surface area (Å²) in [7, 11) is 1.67. The number of rotatable bonds is 12. The molecule has 216 valence electrons. The van der Waals surface area contributed by atoms with Gasteiger partial charge in [0.1, 0.15) is 5.82 Å². The van der Waals surface area contributed by atoms with Crippen LogP contribution in [0.4, 0.5) is 10.3 Å². The molecule has 42 heavy (non-hydrogen) atoms. The van der Waals surface area contributed by atoms with Crippen LogP contribution in [0, 0.1) is 11.7 Å². The second-order valence-corrected chi connectivity index (χ2v) is 11.1. The second-order valence-electron chi connectivity index (χ2n) is 11.1. The Morgan fingerprint density at radius 3 is 2.74 bits per heavy atom. The molecule has 5 aromatic rings. The molecule has 0 spiro atoms. The number of carbonyl (C=O) groups is 2. The Labute approximate surface area is 243 Å². The van der Waals surface area contributed by atoms with E-state index in [1.54, 1.807) is 23.8 Å². The molecule has 1 amide bonds.